The van der Waals surface area contributed by atoms with Gasteiger partial charge >= 0.3 is 0 Å². The smallest absolute Gasteiger partial charge is 0.171 e. The molecule has 0 aliphatic rings. The first kappa shape index (κ1) is 12.9. The lowest BCUT2D eigenvalue weighted by atomic mass is 10.2. The van der Waals surface area contributed by atoms with E-state index in [2.05, 4.69) is 5.10 Å². The molecule has 0 aliphatic carbocycles. The van der Waals surface area contributed by atoms with Gasteiger partial charge in [-0.2, -0.15) is 5.10 Å². The molecule has 0 N–H and O–H groups in total. The van der Waals surface area contributed by atoms with Crippen molar-refractivity contribution in [1.29, 1.82) is 0 Å². The van der Waals surface area contributed by atoms with E-state index in [4.69, 9.17) is 16.3 Å². The number of halogens is 2. The second kappa shape index (κ2) is 4.98. The Bertz CT molecular complexity index is 581. The Balaban J connectivity index is 2.46. The summed E-state index contributed by atoms with van der Waals surface area (Å²) in [6.45, 7) is 3.69. The van der Waals surface area contributed by atoms with Crippen LogP contribution in [0.2, 0.25) is 0 Å². The molecule has 0 atom stereocenters. The van der Waals surface area contributed by atoms with E-state index in [0.717, 1.165) is 11.4 Å². The van der Waals surface area contributed by atoms with Crippen LogP contribution in [0.4, 0.5) is 4.39 Å². The van der Waals surface area contributed by atoms with Crippen LogP contribution in [0.15, 0.2) is 18.2 Å². The van der Waals surface area contributed by atoms with Gasteiger partial charge in [-0.25, -0.2) is 4.39 Å². The van der Waals surface area contributed by atoms with Gasteiger partial charge in [0.1, 0.15) is 5.69 Å². The van der Waals surface area contributed by atoms with Crippen LogP contribution in [0, 0.1) is 19.7 Å². The first-order valence-electron chi connectivity index (χ1n) is 5.56. The molecule has 0 radical (unpaired) electrons. The summed E-state index contributed by atoms with van der Waals surface area (Å²) in [6.07, 6.45) is 0. The average Bonchev–Trinajstić information content (AvgIpc) is 2.58. The zero-order valence-corrected chi connectivity index (χ0v) is 11.3. The molecular formula is C13H14ClFN2O. The van der Waals surface area contributed by atoms with Gasteiger partial charge in [-0.1, -0.05) is 12.1 Å². The molecule has 0 spiro atoms. The fourth-order valence-electron chi connectivity index (χ4n) is 1.78. The van der Waals surface area contributed by atoms with Crippen LogP contribution in [-0.4, -0.2) is 9.78 Å². The van der Waals surface area contributed by atoms with Crippen molar-refractivity contribution in [2.75, 3.05) is 0 Å². The summed E-state index contributed by atoms with van der Waals surface area (Å²) in [6, 6.07) is 4.71. The maximum Gasteiger partial charge on any atom is 0.171 e. The van der Waals surface area contributed by atoms with Gasteiger partial charge in [0.15, 0.2) is 17.3 Å². The van der Waals surface area contributed by atoms with Crippen molar-refractivity contribution < 1.29 is 9.13 Å². The minimum absolute atomic E-state index is 0.173. The molecule has 0 aliphatic heterocycles. The van der Waals surface area contributed by atoms with Crippen LogP contribution in [0.25, 0.3) is 0 Å². The number of hydrogen-bond donors (Lipinski definition) is 0. The quantitative estimate of drug-likeness (QED) is 0.794. The summed E-state index contributed by atoms with van der Waals surface area (Å²) in [5, 5.41) is 4.23. The third-order valence-electron chi connectivity index (χ3n) is 2.84. The average molecular weight is 269 g/mol. The minimum Gasteiger partial charge on any atom is -0.450 e. The summed E-state index contributed by atoms with van der Waals surface area (Å²) in [5.41, 5.74) is 2.19. The van der Waals surface area contributed by atoms with Crippen LogP contribution in [-0.2, 0) is 12.9 Å². The van der Waals surface area contributed by atoms with E-state index in [1.807, 2.05) is 20.9 Å². The second-order valence-corrected chi connectivity index (χ2v) is 4.35. The molecule has 0 fully saturated rings. The van der Waals surface area contributed by atoms with Crippen molar-refractivity contribution in [3.8, 4) is 11.5 Å². The van der Waals surface area contributed by atoms with E-state index in [0.29, 0.717) is 11.3 Å². The second-order valence-electron chi connectivity index (χ2n) is 4.09. The molecule has 1 aromatic heterocycles. The Morgan fingerprint density at radius 2 is 2.06 bits per heavy atom. The van der Waals surface area contributed by atoms with Crippen LogP contribution < -0.4 is 4.74 Å². The van der Waals surface area contributed by atoms with Crippen LogP contribution in [0.1, 0.15) is 17.0 Å². The van der Waals surface area contributed by atoms with E-state index in [-0.39, 0.29) is 11.6 Å². The Hall–Kier alpha value is -1.55. The van der Waals surface area contributed by atoms with Crippen molar-refractivity contribution >= 4 is 11.6 Å². The van der Waals surface area contributed by atoms with Gasteiger partial charge in [0, 0.05) is 12.6 Å². The maximum atomic E-state index is 13.8. The Kier molecular flexibility index (Phi) is 3.57. The number of nitrogens with zero attached hydrogens (tertiary/aromatic N) is 2. The zero-order chi connectivity index (χ0) is 13.3. The first-order chi connectivity index (χ1) is 8.54. The molecule has 1 heterocycles. The molecule has 3 nitrogen and oxygen atoms in total. The van der Waals surface area contributed by atoms with E-state index in [1.54, 1.807) is 16.8 Å². The van der Waals surface area contributed by atoms with Gasteiger partial charge in [-0.15, -0.1) is 11.6 Å². The highest BCUT2D eigenvalue weighted by atomic mass is 35.5. The SMILES string of the molecule is Cc1nn(C)c(C)c1Oc1c(F)cccc1CCl. The molecule has 18 heavy (non-hydrogen) atoms. The lowest BCUT2D eigenvalue weighted by Crippen LogP contribution is -1.96. The predicted octanol–water partition coefficient (Wildman–Crippen LogP) is 3.71. The fourth-order valence-corrected chi connectivity index (χ4v) is 1.99. The van der Waals surface area contributed by atoms with Crippen molar-refractivity contribution in [1.82, 2.24) is 9.78 Å². The summed E-state index contributed by atoms with van der Waals surface area (Å²) in [4.78, 5) is 0. The lowest BCUT2D eigenvalue weighted by Gasteiger charge is -2.10. The molecule has 2 aromatic rings. The van der Waals surface area contributed by atoms with Gasteiger partial charge < -0.3 is 4.74 Å². The zero-order valence-electron chi connectivity index (χ0n) is 10.5. The molecule has 96 valence electrons. The summed E-state index contributed by atoms with van der Waals surface area (Å²) < 4.78 is 21.2. The summed E-state index contributed by atoms with van der Waals surface area (Å²) >= 11 is 5.79. The molecule has 0 saturated heterocycles. The third kappa shape index (κ3) is 2.20. The van der Waals surface area contributed by atoms with Crippen molar-refractivity contribution in [3.63, 3.8) is 0 Å². The highest BCUT2D eigenvalue weighted by Crippen LogP contribution is 2.32. The number of benzene rings is 1. The minimum atomic E-state index is -0.421. The van der Waals surface area contributed by atoms with Gasteiger partial charge in [0.05, 0.1) is 11.6 Å². The molecule has 2 rings (SSSR count). The first-order valence-corrected chi connectivity index (χ1v) is 6.09. The van der Waals surface area contributed by atoms with Crippen LogP contribution in [0.3, 0.4) is 0 Å². The van der Waals surface area contributed by atoms with E-state index in [9.17, 15) is 4.39 Å². The number of para-hydroxylation sites is 1. The molecule has 5 heteroatoms. The monoisotopic (exact) mass is 268 g/mol. The molecular weight excluding hydrogens is 255 g/mol. The van der Waals surface area contributed by atoms with Crippen LogP contribution >= 0.6 is 11.6 Å². The van der Waals surface area contributed by atoms with Crippen molar-refractivity contribution in [2.24, 2.45) is 7.05 Å². The van der Waals surface area contributed by atoms with Gasteiger partial charge in [0.2, 0.25) is 0 Å². The van der Waals surface area contributed by atoms with E-state index < -0.39 is 5.82 Å². The number of hydrogen-bond acceptors (Lipinski definition) is 2. The van der Waals surface area contributed by atoms with E-state index in [1.165, 1.54) is 6.07 Å². The molecule has 1 aromatic carbocycles. The Morgan fingerprint density at radius 1 is 1.33 bits per heavy atom. The third-order valence-corrected chi connectivity index (χ3v) is 3.13. The summed E-state index contributed by atoms with van der Waals surface area (Å²) in [7, 11) is 1.82. The molecule has 0 bridgehead atoms. The lowest BCUT2D eigenvalue weighted by molar-refractivity contribution is 0.432. The summed E-state index contributed by atoms with van der Waals surface area (Å²) in [5.74, 6) is 0.530. The predicted molar refractivity (Wildman–Crippen MR) is 68.7 cm³/mol. The molecule has 0 amide bonds. The van der Waals surface area contributed by atoms with Crippen molar-refractivity contribution in [3.05, 3.63) is 41.0 Å². The number of aromatic nitrogens is 2. The molecule has 0 unspecified atom stereocenters. The Morgan fingerprint density at radius 3 is 2.61 bits per heavy atom. The highest BCUT2D eigenvalue weighted by molar-refractivity contribution is 6.17. The standard InChI is InChI=1S/C13H14ClFN2O/c1-8-12(9(2)17(3)16-8)18-13-10(7-14)5-4-6-11(13)15/h4-6H,7H2,1-3H3. The largest absolute Gasteiger partial charge is 0.450 e. The van der Waals surface area contributed by atoms with Crippen LogP contribution in [0.5, 0.6) is 11.5 Å². The number of alkyl halides is 1. The Labute approximate surface area is 110 Å². The maximum absolute atomic E-state index is 13.8. The normalized spacial score (nSPS) is 10.7. The topological polar surface area (TPSA) is 27.1 Å². The van der Waals surface area contributed by atoms with Gasteiger partial charge in [-0.05, 0) is 19.9 Å². The molecule has 0 saturated carbocycles. The highest BCUT2D eigenvalue weighted by Gasteiger charge is 2.16. The van der Waals surface area contributed by atoms with Crippen molar-refractivity contribution in [2.45, 2.75) is 19.7 Å². The number of ether oxygens (including phenoxy) is 1. The fraction of sp³-hybridized carbons (Fsp3) is 0.308. The number of aryl methyl sites for hydroxylation is 2. The number of rotatable bonds is 3. The van der Waals surface area contributed by atoms with E-state index >= 15 is 0 Å². The van der Waals surface area contributed by atoms with Gasteiger partial charge in [-0.3, -0.25) is 4.68 Å². The van der Waals surface area contributed by atoms with Gasteiger partial charge in [0.25, 0.3) is 0 Å².